The summed E-state index contributed by atoms with van der Waals surface area (Å²) in [6, 6.07) is 14.0. The van der Waals surface area contributed by atoms with E-state index in [9.17, 15) is 14.4 Å². The van der Waals surface area contributed by atoms with Crippen molar-refractivity contribution < 1.29 is 28.2 Å². The van der Waals surface area contributed by atoms with Gasteiger partial charge in [0, 0.05) is 29.8 Å². The molecule has 0 spiro atoms. The van der Waals surface area contributed by atoms with Crippen LogP contribution in [-0.2, 0) is 9.53 Å². The Bertz CT molecular complexity index is 1660. The highest BCUT2D eigenvalue weighted by Gasteiger charge is 2.27. The van der Waals surface area contributed by atoms with Crippen molar-refractivity contribution in [3.63, 3.8) is 0 Å². The molecule has 0 saturated carbocycles. The Morgan fingerprint density at radius 3 is 2.49 bits per heavy atom. The number of esters is 2. The number of carbonyl (C=O) groups is 2. The first kappa shape index (κ1) is 28.5. The van der Waals surface area contributed by atoms with E-state index in [2.05, 4.69) is 15.4 Å². The van der Waals surface area contributed by atoms with Gasteiger partial charge in [0.05, 0.1) is 25.0 Å². The molecule has 12 nitrogen and oxygen atoms in total. The van der Waals surface area contributed by atoms with Crippen LogP contribution in [0.2, 0.25) is 0 Å². The molecule has 5 N–H and O–H groups in total. The zero-order valence-electron chi connectivity index (χ0n) is 22.4. The van der Waals surface area contributed by atoms with Crippen LogP contribution in [0.15, 0.2) is 65.5 Å². The summed E-state index contributed by atoms with van der Waals surface area (Å²) >= 11 is 0. The van der Waals surface area contributed by atoms with Crippen molar-refractivity contribution in [2.75, 3.05) is 19.0 Å². The van der Waals surface area contributed by atoms with E-state index in [-0.39, 0.29) is 46.6 Å². The minimum atomic E-state index is -1.08. The molecular formula is C28H27FN6O6. The summed E-state index contributed by atoms with van der Waals surface area (Å²) in [5.41, 5.74) is 5.82. The van der Waals surface area contributed by atoms with Gasteiger partial charge in [0.1, 0.15) is 17.7 Å². The van der Waals surface area contributed by atoms with Gasteiger partial charge in [0.15, 0.2) is 17.3 Å². The SMILES string of the molecule is CCOc1cc(C(Nc2ccc(C(=N)N)cc2)c2nn(-c3ccccc3C(=O)OC(C)=O)c(=O)[nH]2)c(F)cc1OC. The van der Waals surface area contributed by atoms with E-state index >= 15 is 4.39 Å². The normalized spacial score (nSPS) is 11.4. The molecule has 0 fully saturated rings. The smallest absolute Gasteiger partial charge is 0.348 e. The molecule has 1 aromatic heterocycles. The quantitative estimate of drug-likeness (QED) is 0.0978. The van der Waals surface area contributed by atoms with E-state index < -0.39 is 29.5 Å². The molecule has 1 unspecified atom stereocenters. The fraction of sp³-hybridized carbons (Fsp3) is 0.179. The number of amidine groups is 1. The second-order valence-electron chi connectivity index (χ2n) is 8.65. The van der Waals surface area contributed by atoms with Gasteiger partial charge >= 0.3 is 17.6 Å². The first-order valence-corrected chi connectivity index (χ1v) is 12.4. The summed E-state index contributed by atoms with van der Waals surface area (Å²) in [7, 11) is 1.39. The zero-order chi connectivity index (χ0) is 29.7. The number of rotatable bonds is 10. The third-order valence-electron chi connectivity index (χ3n) is 5.90. The summed E-state index contributed by atoms with van der Waals surface area (Å²) < 4.78 is 32.1. The molecule has 3 aromatic carbocycles. The summed E-state index contributed by atoms with van der Waals surface area (Å²) in [5, 5.41) is 15.1. The number of hydrogen-bond acceptors (Lipinski definition) is 9. The number of ether oxygens (including phenoxy) is 3. The summed E-state index contributed by atoms with van der Waals surface area (Å²) in [6.07, 6.45) is 0. The van der Waals surface area contributed by atoms with Crippen LogP contribution < -0.4 is 26.2 Å². The molecular weight excluding hydrogens is 535 g/mol. The number of aromatic nitrogens is 3. The van der Waals surface area contributed by atoms with E-state index in [4.69, 9.17) is 25.4 Å². The second kappa shape index (κ2) is 12.2. The first-order chi connectivity index (χ1) is 19.6. The summed E-state index contributed by atoms with van der Waals surface area (Å²) in [6.45, 7) is 3.13. The van der Waals surface area contributed by atoms with Crippen molar-refractivity contribution in [3.8, 4) is 17.2 Å². The first-order valence-electron chi connectivity index (χ1n) is 12.4. The maximum atomic E-state index is 15.5. The molecule has 0 saturated heterocycles. The zero-order valence-corrected chi connectivity index (χ0v) is 22.4. The average molecular weight is 563 g/mol. The fourth-order valence-electron chi connectivity index (χ4n) is 4.06. The molecule has 0 aliphatic heterocycles. The third kappa shape index (κ3) is 6.24. The molecule has 13 heteroatoms. The van der Waals surface area contributed by atoms with Crippen molar-refractivity contribution in [1.82, 2.24) is 14.8 Å². The minimum absolute atomic E-state index is 0.00750. The van der Waals surface area contributed by atoms with Gasteiger partial charge < -0.3 is 25.3 Å². The molecule has 0 radical (unpaired) electrons. The van der Waals surface area contributed by atoms with Crippen LogP contribution in [0.1, 0.15) is 47.2 Å². The Kier molecular flexibility index (Phi) is 8.46. The van der Waals surface area contributed by atoms with Gasteiger partial charge in [-0.2, -0.15) is 4.68 Å². The van der Waals surface area contributed by atoms with Gasteiger partial charge in [-0.25, -0.2) is 14.0 Å². The molecule has 41 heavy (non-hydrogen) atoms. The lowest BCUT2D eigenvalue weighted by atomic mass is 10.0. The number of anilines is 1. The number of nitrogens with zero attached hydrogens (tertiary/aromatic N) is 2. The second-order valence-corrected chi connectivity index (χ2v) is 8.65. The third-order valence-corrected chi connectivity index (χ3v) is 5.90. The number of methoxy groups -OCH3 is 1. The predicted molar refractivity (Wildman–Crippen MR) is 147 cm³/mol. The molecule has 0 aliphatic carbocycles. The number of H-pyrrole nitrogens is 1. The van der Waals surface area contributed by atoms with Gasteiger partial charge in [-0.1, -0.05) is 12.1 Å². The van der Waals surface area contributed by atoms with E-state index in [0.29, 0.717) is 11.3 Å². The maximum absolute atomic E-state index is 15.5. The Morgan fingerprint density at radius 2 is 1.85 bits per heavy atom. The van der Waals surface area contributed by atoms with Gasteiger partial charge in [-0.3, -0.25) is 15.2 Å². The number of halogens is 1. The monoisotopic (exact) mass is 562 g/mol. The molecule has 4 rings (SSSR count). The van der Waals surface area contributed by atoms with Crippen LogP contribution >= 0.6 is 0 Å². The lowest BCUT2D eigenvalue weighted by Crippen LogP contribution is -2.20. The van der Waals surface area contributed by atoms with E-state index in [0.717, 1.165) is 17.7 Å². The predicted octanol–water partition coefficient (Wildman–Crippen LogP) is 3.30. The maximum Gasteiger partial charge on any atom is 0.348 e. The molecule has 1 heterocycles. The Balaban J connectivity index is 1.86. The van der Waals surface area contributed by atoms with Crippen LogP contribution in [-0.4, -0.2) is 46.3 Å². The van der Waals surface area contributed by atoms with Crippen LogP contribution in [0.25, 0.3) is 5.69 Å². The molecule has 0 aliphatic rings. The van der Waals surface area contributed by atoms with Gasteiger partial charge in [0.25, 0.3) is 0 Å². The van der Waals surface area contributed by atoms with Crippen LogP contribution in [0.4, 0.5) is 10.1 Å². The van der Waals surface area contributed by atoms with Crippen LogP contribution in [0.3, 0.4) is 0 Å². The van der Waals surface area contributed by atoms with Crippen molar-refractivity contribution >= 4 is 23.5 Å². The minimum Gasteiger partial charge on any atom is -0.493 e. The van der Waals surface area contributed by atoms with Crippen LogP contribution in [0, 0.1) is 11.2 Å². The van der Waals surface area contributed by atoms with E-state index in [1.54, 1.807) is 37.3 Å². The van der Waals surface area contributed by atoms with Crippen molar-refractivity contribution in [2.24, 2.45) is 5.73 Å². The topological polar surface area (TPSA) is 174 Å². The highest BCUT2D eigenvalue weighted by molar-refractivity contribution is 5.99. The van der Waals surface area contributed by atoms with Gasteiger partial charge in [-0.05, 0) is 49.4 Å². The van der Waals surface area contributed by atoms with Crippen LogP contribution in [0.5, 0.6) is 11.5 Å². The Labute approximate surface area is 233 Å². The average Bonchev–Trinajstić information content (AvgIpc) is 3.33. The molecule has 0 bridgehead atoms. The number of para-hydroxylation sites is 1. The lowest BCUT2D eigenvalue weighted by Gasteiger charge is -2.21. The standard InChI is InChI=1S/C28H27FN6O6/c1-4-40-23-13-19(20(29)14-22(23)39-3)24(32-17-11-9-16(10-12-17)25(30)31)26-33-28(38)35(34-26)21-8-6-5-7-18(21)27(37)41-15(2)36/h5-14,24,32H,4H2,1-3H3,(H3,30,31)(H,33,34,38). The highest BCUT2D eigenvalue weighted by atomic mass is 19.1. The van der Waals surface area contributed by atoms with Gasteiger partial charge in [-0.15, -0.1) is 5.10 Å². The van der Waals surface area contributed by atoms with E-state index in [1.807, 2.05) is 0 Å². The summed E-state index contributed by atoms with van der Waals surface area (Å²) in [4.78, 5) is 39.6. The van der Waals surface area contributed by atoms with Gasteiger partial charge in [0.2, 0.25) is 0 Å². The number of nitrogen functional groups attached to an aromatic ring is 1. The number of hydrogen-bond donors (Lipinski definition) is 4. The van der Waals surface area contributed by atoms with Crippen molar-refractivity contribution in [2.45, 2.75) is 19.9 Å². The highest BCUT2D eigenvalue weighted by Crippen LogP contribution is 2.35. The number of benzene rings is 3. The number of aromatic amines is 1. The molecule has 0 amide bonds. The number of carbonyl (C=O) groups excluding carboxylic acids is 2. The molecule has 1 atom stereocenters. The van der Waals surface area contributed by atoms with Crippen molar-refractivity contribution in [1.29, 1.82) is 5.41 Å². The number of nitrogens with two attached hydrogens (primary N) is 1. The molecule has 212 valence electrons. The Morgan fingerprint density at radius 1 is 1.15 bits per heavy atom. The van der Waals surface area contributed by atoms with Crippen molar-refractivity contribution in [3.05, 3.63) is 99.5 Å². The summed E-state index contributed by atoms with van der Waals surface area (Å²) in [5.74, 6) is -2.15. The lowest BCUT2D eigenvalue weighted by molar-refractivity contribution is -0.135. The molecule has 4 aromatic rings. The fourth-order valence-corrected chi connectivity index (χ4v) is 4.06. The van der Waals surface area contributed by atoms with E-state index in [1.165, 1.54) is 31.4 Å². The Hall–Kier alpha value is -5.46. The number of nitrogens with one attached hydrogen (secondary N) is 3. The largest absolute Gasteiger partial charge is 0.493 e.